The average Bonchev–Trinajstić information content (AvgIpc) is 3.34. The van der Waals surface area contributed by atoms with Gasteiger partial charge in [0.2, 0.25) is 5.95 Å². The first-order valence-corrected chi connectivity index (χ1v) is 10.2. The second kappa shape index (κ2) is 8.32. The average molecular weight is 449 g/mol. The maximum Gasteiger partial charge on any atom is 0.343 e. The number of halogens is 2. The van der Waals surface area contributed by atoms with E-state index in [1.165, 1.54) is 6.20 Å². The van der Waals surface area contributed by atoms with Gasteiger partial charge in [0.25, 0.3) is 0 Å². The van der Waals surface area contributed by atoms with Gasteiger partial charge in [0.05, 0.1) is 20.6 Å². The number of rotatable bonds is 7. The summed E-state index contributed by atoms with van der Waals surface area (Å²) in [5.41, 5.74) is 2.18. The third-order valence-electron chi connectivity index (χ3n) is 4.17. The van der Waals surface area contributed by atoms with Gasteiger partial charge in [0, 0.05) is 42.0 Å². The predicted molar refractivity (Wildman–Crippen MR) is 114 cm³/mol. The molecular formula is C18H14Cl2N6O2S. The molecule has 0 saturated carbocycles. The molecule has 1 N–H and O–H groups in total. The minimum absolute atomic E-state index is 0.0577. The molecular weight excluding hydrogens is 435 g/mol. The SMILES string of the molecule is O=[N+]([O-])c1cnc(CCCNc2nc(-c3ccc(Cl)cc3Cl)cc3nccn23)s1. The molecule has 148 valence electrons. The van der Waals surface area contributed by atoms with Gasteiger partial charge in [-0.2, -0.15) is 0 Å². The number of thiazole rings is 1. The van der Waals surface area contributed by atoms with E-state index in [-0.39, 0.29) is 5.00 Å². The molecule has 11 heteroatoms. The minimum atomic E-state index is -0.424. The lowest BCUT2D eigenvalue weighted by molar-refractivity contribution is -0.380. The van der Waals surface area contributed by atoms with Crippen molar-refractivity contribution >= 4 is 51.1 Å². The molecule has 3 aromatic heterocycles. The summed E-state index contributed by atoms with van der Waals surface area (Å²) in [6, 6.07) is 7.12. The van der Waals surface area contributed by atoms with E-state index in [9.17, 15) is 10.1 Å². The molecule has 8 nitrogen and oxygen atoms in total. The normalized spacial score (nSPS) is 11.1. The van der Waals surface area contributed by atoms with Crippen molar-refractivity contribution in [1.82, 2.24) is 19.4 Å². The zero-order chi connectivity index (χ0) is 20.4. The molecule has 0 radical (unpaired) electrons. The van der Waals surface area contributed by atoms with Crippen LogP contribution in [0.25, 0.3) is 16.9 Å². The van der Waals surface area contributed by atoms with Crippen molar-refractivity contribution in [2.24, 2.45) is 0 Å². The molecule has 0 aliphatic heterocycles. The van der Waals surface area contributed by atoms with Gasteiger partial charge in [-0.25, -0.2) is 15.0 Å². The van der Waals surface area contributed by atoms with Crippen LogP contribution in [0.5, 0.6) is 0 Å². The van der Waals surface area contributed by atoms with Crippen molar-refractivity contribution < 1.29 is 4.92 Å². The summed E-state index contributed by atoms with van der Waals surface area (Å²) in [4.78, 5) is 23.4. The highest BCUT2D eigenvalue weighted by atomic mass is 35.5. The van der Waals surface area contributed by atoms with E-state index >= 15 is 0 Å². The van der Waals surface area contributed by atoms with Crippen molar-refractivity contribution in [2.45, 2.75) is 12.8 Å². The fraction of sp³-hybridized carbons (Fsp3) is 0.167. The van der Waals surface area contributed by atoms with Crippen LogP contribution < -0.4 is 5.32 Å². The fourth-order valence-corrected chi connectivity index (χ4v) is 4.10. The maximum absolute atomic E-state index is 10.7. The number of benzene rings is 1. The molecule has 0 fully saturated rings. The van der Waals surface area contributed by atoms with Gasteiger partial charge in [0.15, 0.2) is 0 Å². The summed E-state index contributed by atoms with van der Waals surface area (Å²) >= 11 is 13.4. The van der Waals surface area contributed by atoms with Crippen LogP contribution in [0.3, 0.4) is 0 Å². The van der Waals surface area contributed by atoms with E-state index in [0.717, 1.165) is 34.0 Å². The van der Waals surface area contributed by atoms with E-state index < -0.39 is 4.92 Å². The van der Waals surface area contributed by atoms with Crippen molar-refractivity contribution in [3.8, 4) is 11.3 Å². The first kappa shape index (κ1) is 19.6. The highest BCUT2D eigenvalue weighted by Crippen LogP contribution is 2.30. The summed E-state index contributed by atoms with van der Waals surface area (Å²) < 4.78 is 1.85. The van der Waals surface area contributed by atoms with Gasteiger partial charge in [-0.15, -0.1) is 0 Å². The molecule has 1 aromatic carbocycles. The lowest BCUT2D eigenvalue weighted by atomic mass is 10.1. The maximum atomic E-state index is 10.7. The number of nitrogens with one attached hydrogen (secondary N) is 1. The van der Waals surface area contributed by atoms with Gasteiger partial charge in [-0.3, -0.25) is 14.5 Å². The topological polar surface area (TPSA) is 98.2 Å². The van der Waals surface area contributed by atoms with Crippen LogP contribution in [0.1, 0.15) is 11.4 Å². The molecule has 0 atom stereocenters. The number of anilines is 1. The van der Waals surface area contributed by atoms with Gasteiger partial charge < -0.3 is 5.32 Å². The Morgan fingerprint density at radius 1 is 1.24 bits per heavy atom. The Hall–Kier alpha value is -2.75. The van der Waals surface area contributed by atoms with Crippen LogP contribution in [0.2, 0.25) is 10.0 Å². The number of fused-ring (bicyclic) bond motifs is 1. The lowest BCUT2D eigenvalue weighted by Gasteiger charge is -2.11. The molecule has 0 unspecified atom stereocenters. The smallest absolute Gasteiger partial charge is 0.343 e. The molecule has 29 heavy (non-hydrogen) atoms. The number of imidazole rings is 1. The Morgan fingerprint density at radius 2 is 2.10 bits per heavy atom. The zero-order valence-electron chi connectivity index (χ0n) is 14.9. The third-order valence-corrected chi connectivity index (χ3v) is 5.73. The number of nitrogens with zero attached hydrogens (tertiary/aromatic N) is 5. The number of hydrogen-bond acceptors (Lipinski definition) is 7. The summed E-state index contributed by atoms with van der Waals surface area (Å²) in [6.45, 7) is 0.617. The van der Waals surface area contributed by atoms with E-state index in [2.05, 4.69) is 20.3 Å². The highest BCUT2D eigenvalue weighted by molar-refractivity contribution is 7.14. The van der Waals surface area contributed by atoms with Crippen molar-refractivity contribution in [1.29, 1.82) is 0 Å². The summed E-state index contributed by atoms with van der Waals surface area (Å²) in [6.07, 6.45) is 6.20. The van der Waals surface area contributed by atoms with E-state index in [1.54, 1.807) is 18.3 Å². The van der Waals surface area contributed by atoms with E-state index in [4.69, 9.17) is 23.2 Å². The molecule has 4 aromatic rings. The van der Waals surface area contributed by atoms with Gasteiger partial charge in [0.1, 0.15) is 11.8 Å². The molecule has 0 amide bonds. The van der Waals surface area contributed by atoms with E-state index in [0.29, 0.717) is 34.7 Å². The van der Waals surface area contributed by atoms with Gasteiger partial charge >= 0.3 is 5.00 Å². The zero-order valence-corrected chi connectivity index (χ0v) is 17.2. The molecule has 3 heterocycles. The van der Waals surface area contributed by atoms with Crippen molar-refractivity contribution in [3.63, 3.8) is 0 Å². The van der Waals surface area contributed by atoms with Crippen LogP contribution in [0.15, 0.2) is 42.9 Å². The molecule has 0 aliphatic carbocycles. The second-order valence-corrected chi connectivity index (χ2v) is 8.06. The molecule has 0 aliphatic rings. The molecule has 4 rings (SSSR count). The Labute approximate surface area is 179 Å². The van der Waals surface area contributed by atoms with Crippen molar-refractivity contribution in [2.75, 3.05) is 11.9 Å². The van der Waals surface area contributed by atoms with Gasteiger partial charge in [-0.05, 0) is 36.0 Å². The van der Waals surface area contributed by atoms with Crippen LogP contribution in [0.4, 0.5) is 10.9 Å². The first-order chi connectivity index (χ1) is 14.0. The number of hydrogen-bond donors (Lipinski definition) is 1. The number of aromatic nitrogens is 4. The predicted octanol–water partition coefficient (Wildman–Crippen LogP) is 5.11. The van der Waals surface area contributed by atoms with Crippen LogP contribution in [0, 0.1) is 10.1 Å². The molecule has 0 spiro atoms. The van der Waals surface area contributed by atoms with Gasteiger partial charge in [-0.1, -0.05) is 23.2 Å². The second-order valence-electron chi connectivity index (χ2n) is 6.12. The quantitative estimate of drug-likeness (QED) is 0.239. The summed E-state index contributed by atoms with van der Waals surface area (Å²) in [5.74, 6) is 0.631. The third kappa shape index (κ3) is 4.31. The van der Waals surface area contributed by atoms with Crippen LogP contribution in [-0.2, 0) is 6.42 Å². The molecule has 0 bridgehead atoms. The molecule has 0 saturated heterocycles. The summed E-state index contributed by atoms with van der Waals surface area (Å²) in [5, 5.41) is 15.9. The largest absolute Gasteiger partial charge is 0.355 e. The van der Waals surface area contributed by atoms with Crippen LogP contribution >= 0.6 is 34.5 Å². The Bertz CT molecular complexity index is 1190. The first-order valence-electron chi connectivity index (χ1n) is 8.64. The Morgan fingerprint density at radius 3 is 2.86 bits per heavy atom. The minimum Gasteiger partial charge on any atom is -0.355 e. The number of aryl methyl sites for hydroxylation is 1. The fourth-order valence-electron chi connectivity index (χ4n) is 2.82. The van der Waals surface area contributed by atoms with Crippen LogP contribution in [-0.4, -0.2) is 30.8 Å². The summed E-state index contributed by atoms with van der Waals surface area (Å²) in [7, 11) is 0. The Balaban J connectivity index is 1.50. The highest BCUT2D eigenvalue weighted by Gasteiger charge is 2.13. The van der Waals surface area contributed by atoms with E-state index in [1.807, 2.05) is 22.7 Å². The monoisotopic (exact) mass is 448 g/mol. The lowest BCUT2D eigenvalue weighted by Crippen LogP contribution is -2.09. The standard InChI is InChI=1S/C18H14Cl2N6O2S/c19-11-3-4-12(13(20)8-11)14-9-15-21-6-7-25(15)18(24-14)22-5-1-2-16-23-10-17(29-16)26(27)28/h3-4,6-10H,1-2,5H2,(H,22,24). The number of nitro groups is 1. The Kier molecular flexibility index (Phi) is 5.61. The van der Waals surface area contributed by atoms with Crippen molar-refractivity contribution in [3.05, 3.63) is 68.0 Å².